The van der Waals surface area contributed by atoms with Crippen molar-refractivity contribution in [1.29, 1.82) is 0 Å². The fourth-order valence-corrected chi connectivity index (χ4v) is 0.913. The molecule has 0 saturated heterocycles. The van der Waals surface area contributed by atoms with Crippen LogP contribution in [0.25, 0.3) is 0 Å². The topological polar surface area (TPSA) is 89.3 Å². The van der Waals surface area contributed by atoms with Crippen molar-refractivity contribution in [3.05, 3.63) is 11.9 Å². The van der Waals surface area contributed by atoms with Crippen LogP contribution in [-0.2, 0) is 4.79 Å². The normalized spacial score (nSPS) is 11.4. The third-order valence-electron chi connectivity index (χ3n) is 0.708. The van der Waals surface area contributed by atoms with Gasteiger partial charge < -0.3 is 16.6 Å². The van der Waals surface area contributed by atoms with Gasteiger partial charge in [0.05, 0.1) is 5.75 Å². The number of carbonyl (C=O) groups is 1. The average molecular weight is 162 g/mol. The fraction of sp³-hybridized carbons (Fsp3) is 0.400. The van der Waals surface area contributed by atoms with Gasteiger partial charge in [-0.15, -0.1) is 11.8 Å². The number of thioether (sulfide) groups is 1. The highest BCUT2D eigenvalue weighted by molar-refractivity contribution is 8.00. The summed E-state index contributed by atoms with van der Waals surface area (Å²) in [6, 6.07) is 0. The first kappa shape index (κ1) is 9.16. The van der Waals surface area contributed by atoms with Gasteiger partial charge in [-0.05, 0) is 0 Å². The highest BCUT2D eigenvalue weighted by atomic mass is 32.2. The minimum atomic E-state index is -0.838. The summed E-state index contributed by atoms with van der Waals surface area (Å²) in [6.45, 7) is 0. The van der Waals surface area contributed by atoms with E-state index in [9.17, 15) is 4.79 Å². The second-order valence-corrected chi connectivity index (χ2v) is 2.61. The molecule has 0 aliphatic heterocycles. The summed E-state index contributed by atoms with van der Waals surface area (Å²) in [5, 5.41) is 8.19. The van der Waals surface area contributed by atoms with Crippen LogP contribution in [0.1, 0.15) is 0 Å². The molecule has 0 aromatic heterocycles. The Labute approximate surface area is 63.3 Å². The molecule has 0 saturated carbocycles. The summed E-state index contributed by atoms with van der Waals surface area (Å²) in [5.41, 5.74) is 10.8. The predicted molar refractivity (Wildman–Crippen MR) is 41.4 cm³/mol. The summed E-state index contributed by atoms with van der Waals surface area (Å²) >= 11 is 1.22. The molecular weight excluding hydrogens is 152 g/mol. The van der Waals surface area contributed by atoms with Gasteiger partial charge in [0, 0.05) is 17.6 Å². The van der Waals surface area contributed by atoms with Crippen molar-refractivity contribution in [1.82, 2.24) is 0 Å². The van der Waals surface area contributed by atoms with Crippen LogP contribution in [0.3, 0.4) is 0 Å². The van der Waals surface area contributed by atoms with Crippen molar-refractivity contribution >= 4 is 17.7 Å². The van der Waals surface area contributed by atoms with Gasteiger partial charge >= 0.3 is 5.97 Å². The Kier molecular flexibility index (Phi) is 4.57. The van der Waals surface area contributed by atoms with E-state index in [0.29, 0.717) is 11.4 Å². The van der Waals surface area contributed by atoms with Crippen molar-refractivity contribution in [2.75, 3.05) is 11.5 Å². The lowest BCUT2D eigenvalue weighted by Gasteiger charge is -1.96. The second kappa shape index (κ2) is 4.99. The first-order valence-corrected chi connectivity index (χ1v) is 3.78. The maximum atomic E-state index is 9.96. The Bertz CT molecular complexity index is 147. The maximum absolute atomic E-state index is 9.96. The van der Waals surface area contributed by atoms with Gasteiger partial charge in [0.1, 0.15) is 0 Å². The Hall–Kier alpha value is -0.840. The minimum absolute atomic E-state index is 0.0640. The van der Waals surface area contributed by atoms with E-state index in [4.69, 9.17) is 16.6 Å². The minimum Gasteiger partial charge on any atom is -0.481 e. The molecule has 10 heavy (non-hydrogen) atoms. The molecule has 0 rings (SSSR count). The van der Waals surface area contributed by atoms with Crippen LogP contribution in [0.5, 0.6) is 0 Å². The van der Waals surface area contributed by atoms with Crippen LogP contribution in [-0.4, -0.2) is 22.6 Å². The van der Waals surface area contributed by atoms with Crippen molar-refractivity contribution < 1.29 is 9.90 Å². The number of hydrogen-bond donors (Lipinski definition) is 3. The first-order chi connectivity index (χ1) is 4.66. The Balaban J connectivity index is 3.29. The number of nitrogens with two attached hydrogens (primary N) is 2. The van der Waals surface area contributed by atoms with E-state index in [2.05, 4.69) is 0 Å². The molecule has 5 heteroatoms. The Morgan fingerprint density at radius 3 is 2.60 bits per heavy atom. The van der Waals surface area contributed by atoms with Crippen LogP contribution in [0, 0.1) is 0 Å². The number of carboxylic acids is 1. The van der Waals surface area contributed by atoms with E-state index in [0.717, 1.165) is 0 Å². The van der Waals surface area contributed by atoms with Crippen molar-refractivity contribution in [2.24, 2.45) is 11.5 Å². The number of rotatable bonds is 4. The quantitative estimate of drug-likeness (QED) is 0.521. The fourth-order valence-electron chi connectivity index (χ4n) is 0.304. The summed E-state index contributed by atoms with van der Waals surface area (Å²) < 4.78 is 0. The van der Waals surface area contributed by atoms with Crippen molar-refractivity contribution in [2.45, 2.75) is 0 Å². The SMILES string of the molecule is NC=C(N)CSCC(=O)O. The third kappa shape index (κ3) is 5.30. The molecule has 58 valence electrons. The van der Waals surface area contributed by atoms with Crippen LogP contribution in [0.2, 0.25) is 0 Å². The first-order valence-electron chi connectivity index (χ1n) is 2.62. The van der Waals surface area contributed by atoms with E-state index >= 15 is 0 Å². The third-order valence-corrected chi connectivity index (χ3v) is 1.70. The molecule has 0 heterocycles. The second-order valence-electron chi connectivity index (χ2n) is 1.63. The zero-order chi connectivity index (χ0) is 7.98. The van der Waals surface area contributed by atoms with E-state index in [1.165, 1.54) is 18.0 Å². The van der Waals surface area contributed by atoms with Crippen LogP contribution in [0.4, 0.5) is 0 Å². The summed E-state index contributed by atoms with van der Waals surface area (Å²) in [6.07, 6.45) is 1.27. The van der Waals surface area contributed by atoms with Crippen molar-refractivity contribution in [3.63, 3.8) is 0 Å². The predicted octanol–water partition coefficient (Wildman–Crippen LogP) is -0.437. The highest BCUT2D eigenvalue weighted by Gasteiger charge is 1.96. The zero-order valence-corrected chi connectivity index (χ0v) is 6.23. The monoisotopic (exact) mass is 162 g/mol. The lowest BCUT2D eigenvalue weighted by molar-refractivity contribution is -0.133. The molecule has 0 aliphatic rings. The highest BCUT2D eigenvalue weighted by Crippen LogP contribution is 2.01. The lowest BCUT2D eigenvalue weighted by Crippen LogP contribution is -2.06. The molecule has 0 fully saturated rings. The van der Waals surface area contributed by atoms with Gasteiger partial charge in [-0.3, -0.25) is 4.79 Å². The molecule has 0 aromatic rings. The van der Waals surface area contributed by atoms with Gasteiger partial charge in [0.25, 0.3) is 0 Å². The summed E-state index contributed by atoms with van der Waals surface area (Å²) in [4.78, 5) is 9.96. The molecular formula is C5H10N2O2S. The molecule has 0 unspecified atom stereocenters. The lowest BCUT2D eigenvalue weighted by atomic mass is 10.6. The van der Waals surface area contributed by atoms with Gasteiger partial charge in [0.15, 0.2) is 0 Å². The maximum Gasteiger partial charge on any atom is 0.313 e. The molecule has 5 N–H and O–H groups in total. The summed E-state index contributed by atoms with van der Waals surface area (Å²) in [7, 11) is 0. The van der Waals surface area contributed by atoms with E-state index in [1.54, 1.807) is 0 Å². The average Bonchev–Trinajstić information content (AvgIpc) is 1.87. The molecule has 0 aromatic carbocycles. The standard InChI is InChI=1S/C5H10N2O2S/c6-1-4(7)2-10-3-5(8)9/h1H,2-3,6-7H2,(H,8,9). The Morgan fingerprint density at radius 1 is 1.60 bits per heavy atom. The van der Waals surface area contributed by atoms with E-state index in [-0.39, 0.29) is 5.75 Å². The van der Waals surface area contributed by atoms with Gasteiger partial charge in [0.2, 0.25) is 0 Å². The van der Waals surface area contributed by atoms with E-state index in [1.807, 2.05) is 0 Å². The van der Waals surface area contributed by atoms with Gasteiger partial charge in [-0.25, -0.2) is 0 Å². The van der Waals surface area contributed by atoms with Crippen LogP contribution < -0.4 is 11.5 Å². The van der Waals surface area contributed by atoms with Gasteiger partial charge in [-0.1, -0.05) is 0 Å². The number of carboxylic acid groups (broad SMARTS) is 1. The number of hydrogen-bond acceptors (Lipinski definition) is 4. The zero-order valence-electron chi connectivity index (χ0n) is 5.41. The molecule has 0 radical (unpaired) electrons. The summed E-state index contributed by atoms with van der Waals surface area (Å²) in [5.74, 6) is -0.299. The molecule has 0 spiro atoms. The van der Waals surface area contributed by atoms with Gasteiger partial charge in [-0.2, -0.15) is 0 Å². The number of aliphatic carboxylic acids is 1. The van der Waals surface area contributed by atoms with Crippen molar-refractivity contribution in [3.8, 4) is 0 Å². The molecule has 0 atom stereocenters. The van der Waals surface area contributed by atoms with Crippen LogP contribution in [0.15, 0.2) is 11.9 Å². The van der Waals surface area contributed by atoms with E-state index < -0.39 is 5.97 Å². The molecule has 0 amide bonds. The molecule has 4 nitrogen and oxygen atoms in total. The molecule has 0 bridgehead atoms. The molecule has 0 aliphatic carbocycles. The Morgan fingerprint density at radius 2 is 2.20 bits per heavy atom. The van der Waals surface area contributed by atoms with Crippen LogP contribution >= 0.6 is 11.8 Å². The smallest absolute Gasteiger partial charge is 0.313 e. The largest absolute Gasteiger partial charge is 0.481 e.